The molecule has 0 spiro atoms. The molecule has 1 saturated carbocycles. The number of hydrogen-bond acceptors (Lipinski definition) is 3. The molecule has 0 aliphatic heterocycles. The lowest BCUT2D eigenvalue weighted by atomic mass is 9.91. The third-order valence-electron chi connectivity index (χ3n) is 3.73. The van der Waals surface area contributed by atoms with Crippen molar-refractivity contribution in [1.29, 1.82) is 0 Å². The minimum absolute atomic E-state index is 0.275. The highest BCUT2D eigenvalue weighted by atomic mass is 32.2. The Labute approximate surface area is 109 Å². The number of nitrogens with two attached hydrogens (primary N) is 1. The van der Waals surface area contributed by atoms with Gasteiger partial charge in [0.25, 0.3) is 0 Å². The van der Waals surface area contributed by atoms with Gasteiger partial charge in [0.05, 0.1) is 10.6 Å². The molecule has 1 aromatic carbocycles. The van der Waals surface area contributed by atoms with E-state index in [1.165, 1.54) is 6.42 Å². The first-order valence-corrected chi connectivity index (χ1v) is 8.23. The summed E-state index contributed by atoms with van der Waals surface area (Å²) in [6, 6.07) is 5.12. The van der Waals surface area contributed by atoms with Crippen LogP contribution in [0.1, 0.15) is 37.7 Å². The summed E-state index contributed by atoms with van der Waals surface area (Å²) in [6.07, 6.45) is 5.65. The molecule has 4 heteroatoms. The number of aryl methyl sites for hydroxylation is 1. The predicted molar refractivity (Wildman–Crippen MR) is 74.2 cm³/mol. The molecule has 0 saturated heterocycles. The normalized spacial score (nSPS) is 17.8. The average Bonchev–Trinajstić information content (AvgIpc) is 2.33. The molecule has 0 bridgehead atoms. The molecule has 2 rings (SSSR count). The fraction of sp³-hybridized carbons (Fsp3) is 0.571. The number of nitrogen functional groups attached to an aromatic ring is 1. The summed E-state index contributed by atoms with van der Waals surface area (Å²) < 4.78 is 24.8. The highest BCUT2D eigenvalue weighted by molar-refractivity contribution is 7.91. The zero-order valence-electron chi connectivity index (χ0n) is 10.9. The summed E-state index contributed by atoms with van der Waals surface area (Å²) in [6.45, 7) is 1.83. The molecule has 3 nitrogen and oxygen atoms in total. The Kier molecular flexibility index (Phi) is 3.95. The van der Waals surface area contributed by atoms with Gasteiger partial charge in [0, 0.05) is 5.69 Å². The molecule has 18 heavy (non-hydrogen) atoms. The zero-order valence-corrected chi connectivity index (χ0v) is 11.7. The predicted octanol–water partition coefficient (Wildman–Crippen LogP) is 2.93. The van der Waals surface area contributed by atoms with E-state index in [0.717, 1.165) is 31.2 Å². The maximum atomic E-state index is 12.4. The molecule has 0 heterocycles. The standard InChI is InChI=1S/C14H21NO2S/c1-11-7-8-13(15)9-14(11)18(16,17)10-12-5-3-2-4-6-12/h7-9,12H,2-6,10,15H2,1H3. The molecule has 0 atom stereocenters. The fourth-order valence-corrected chi connectivity index (χ4v) is 4.71. The van der Waals surface area contributed by atoms with Crippen LogP contribution >= 0.6 is 0 Å². The van der Waals surface area contributed by atoms with E-state index in [1.54, 1.807) is 18.2 Å². The second kappa shape index (κ2) is 5.31. The van der Waals surface area contributed by atoms with E-state index in [9.17, 15) is 8.42 Å². The van der Waals surface area contributed by atoms with Gasteiger partial charge in [-0.3, -0.25) is 0 Å². The van der Waals surface area contributed by atoms with Crippen molar-refractivity contribution in [3.05, 3.63) is 23.8 Å². The Hall–Kier alpha value is -1.03. The third-order valence-corrected chi connectivity index (χ3v) is 5.75. The van der Waals surface area contributed by atoms with Gasteiger partial charge in [-0.05, 0) is 43.4 Å². The summed E-state index contributed by atoms with van der Waals surface area (Å²) in [5, 5.41) is 0. The number of benzene rings is 1. The van der Waals surface area contributed by atoms with Gasteiger partial charge in [-0.25, -0.2) is 8.42 Å². The van der Waals surface area contributed by atoms with Crippen LogP contribution in [0.5, 0.6) is 0 Å². The monoisotopic (exact) mass is 267 g/mol. The Morgan fingerprint density at radius 3 is 2.56 bits per heavy atom. The molecule has 0 unspecified atom stereocenters. The van der Waals surface area contributed by atoms with Crippen molar-refractivity contribution in [2.45, 2.75) is 43.9 Å². The highest BCUT2D eigenvalue weighted by Crippen LogP contribution is 2.28. The maximum absolute atomic E-state index is 12.4. The largest absolute Gasteiger partial charge is 0.399 e. The van der Waals surface area contributed by atoms with Crippen molar-refractivity contribution in [2.24, 2.45) is 5.92 Å². The van der Waals surface area contributed by atoms with Crippen LogP contribution in [0.15, 0.2) is 23.1 Å². The molecule has 0 radical (unpaired) electrons. The first kappa shape index (κ1) is 13.4. The molecule has 1 fully saturated rings. The summed E-state index contributed by atoms with van der Waals surface area (Å²) in [4.78, 5) is 0.410. The van der Waals surface area contributed by atoms with Gasteiger partial charge in [-0.15, -0.1) is 0 Å². The van der Waals surface area contributed by atoms with E-state index in [1.807, 2.05) is 6.92 Å². The first-order valence-electron chi connectivity index (χ1n) is 6.58. The smallest absolute Gasteiger partial charge is 0.178 e. The molecule has 1 aromatic rings. The molecule has 2 N–H and O–H groups in total. The van der Waals surface area contributed by atoms with Crippen LogP contribution < -0.4 is 5.73 Å². The van der Waals surface area contributed by atoms with Crippen molar-refractivity contribution in [2.75, 3.05) is 11.5 Å². The van der Waals surface area contributed by atoms with Gasteiger partial charge < -0.3 is 5.73 Å². The van der Waals surface area contributed by atoms with E-state index in [-0.39, 0.29) is 5.75 Å². The van der Waals surface area contributed by atoms with Crippen LogP contribution in [0, 0.1) is 12.8 Å². The lowest BCUT2D eigenvalue weighted by Gasteiger charge is -2.21. The van der Waals surface area contributed by atoms with Crippen LogP contribution in [-0.2, 0) is 9.84 Å². The minimum Gasteiger partial charge on any atom is -0.399 e. The molecular weight excluding hydrogens is 246 g/mol. The summed E-state index contributed by atoms with van der Waals surface area (Å²) in [5.74, 6) is 0.599. The van der Waals surface area contributed by atoms with Gasteiger partial charge in [0.1, 0.15) is 0 Å². The molecule has 0 aromatic heterocycles. The van der Waals surface area contributed by atoms with Crippen molar-refractivity contribution in [3.8, 4) is 0 Å². The lowest BCUT2D eigenvalue weighted by Crippen LogP contribution is -2.19. The van der Waals surface area contributed by atoms with E-state index in [2.05, 4.69) is 0 Å². The van der Waals surface area contributed by atoms with E-state index in [4.69, 9.17) is 5.73 Å². The Bertz CT molecular complexity index is 517. The molecule has 0 amide bonds. The summed E-state index contributed by atoms with van der Waals surface area (Å²) in [5.41, 5.74) is 7.00. The van der Waals surface area contributed by atoms with Crippen LogP contribution in [0.25, 0.3) is 0 Å². The van der Waals surface area contributed by atoms with Crippen molar-refractivity contribution < 1.29 is 8.42 Å². The van der Waals surface area contributed by atoms with Gasteiger partial charge >= 0.3 is 0 Å². The third kappa shape index (κ3) is 3.05. The zero-order chi connectivity index (χ0) is 13.2. The Balaban J connectivity index is 2.21. The highest BCUT2D eigenvalue weighted by Gasteiger charge is 2.24. The van der Waals surface area contributed by atoms with E-state index in [0.29, 0.717) is 16.5 Å². The van der Waals surface area contributed by atoms with Crippen LogP contribution in [-0.4, -0.2) is 14.2 Å². The Morgan fingerprint density at radius 2 is 1.89 bits per heavy atom. The molecule has 1 aliphatic carbocycles. The summed E-state index contributed by atoms with van der Waals surface area (Å²) in [7, 11) is -3.19. The number of rotatable bonds is 3. The van der Waals surface area contributed by atoms with Crippen molar-refractivity contribution in [1.82, 2.24) is 0 Å². The Morgan fingerprint density at radius 1 is 1.22 bits per heavy atom. The minimum atomic E-state index is -3.19. The number of sulfone groups is 1. The molecule has 100 valence electrons. The number of hydrogen-bond donors (Lipinski definition) is 1. The van der Waals surface area contributed by atoms with Crippen LogP contribution in [0.2, 0.25) is 0 Å². The lowest BCUT2D eigenvalue weighted by molar-refractivity contribution is 0.385. The van der Waals surface area contributed by atoms with Gasteiger partial charge in [0.15, 0.2) is 9.84 Å². The summed E-state index contributed by atoms with van der Waals surface area (Å²) >= 11 is 0. The molecule has 1 aliphatic rings. The van der Waals surface area contributed by atoms with E-state index >= 15 is 0 Å². The molecular formula is C14H21NO2S. The van der Waals surface area contributed by atoms with Crippen molar-refractivity contribution in [3.63, 3.8) is 0 Å². The van der Waals surface area contributed by atoms with Crippen LogP contribution in [0.3, 0.4) is 0 Å². The topological polar surface area (TPSA) is 60.2 Å². The number of anilines is 1. The first-order chi connectivity index (χ1) is 8.49. The average molecular weight is 267 g/mol. The van der Waals surface area contributed by atoms with Gasteiger partial charge in [-0.1, -0.05) is 25.3 Å². The SMILES string of the molecule is Cc1ccc(N)cc1S(=O)(=O)CC1CCCCC1. The van der Waals surface area contributed by atoms with Gasteiger partial charge in [0.2, 0.25) is 0 Å². The van der Waals surface area contributed by atoms with Crippen LogP contribution in [0.4, 0.5) is 5.69 Å². The van der Waals surface area contributed by atoms with Crippen molar-refractivity contribution >= 4 is 15.5 Å². The second-order valence-corrected chi connectivity index (χ2v) is 7.31. The maximum Gasteiger partial charge on any atom is 0.178 e. The van der Waals surface area contributed by atoms with E-state index < -0.39 is 9.84 Å². The van der Waals surface area contributed by atoms with Gasteiger partial charge in [-0.2, -0.15) is 0 Å². The quantitative estimate of drug-likeness (QED) is 0.857. The second-order valence-electron chi connectivity index (χ2n) is 5.31. The fourth-order valence-electron chi connectivity index (χ4n) is 2.71.